The zero-order valence-corrected chi connectivity index (χ0v) is 19.8. The maximum atomic E-state index is 5.72. The number of ether oxygens (including phenoxy) is 3. The van der Waals surface area contributed by atoms with Crippen molar-refractivity contribution in [1.29, 1.82) is 0 Å². The first-order valence-corrected chi connectivity index (χ1v) is 9.62. The molecule has 0 unspecified atom stereocenters. The van der Waals surface area contributed by atoms with Crippen LogP contribution >= 0.6 is 24.0 Å². The van der Waals surface area contributed by atoms with E-state index in [0.717, 1.165) is 41.6 Å². The van der Waals surface area contributed by atoms with Gasteiger partial charge in [0, 0.05) is 32.3 Å². The Morgan fingerprint density at radius 1 is 1.03 bits per heavy atom. The van der Waals surface area contributed by atoms with Crippen molar-refractivity contribution in [3.8, 4) is 11.5 Å². The molecule has 0 aliphatic carbocycles. The second-order valence-corrected chi connectivity index (χ2v) is 6.15. The van der Waals surface area contributed by atoms with Crippen LogP contribution in [0.3, 0.4) is 0 Å². The van der Waals surface area contributed by atoms with Crippen LogP contribution < -0.4 is 20.1 Å². The highest BCUT2D eigenvalue weighted by Gasteiger charge is 2.04. The van der Waals surface area contributed by atoms with Crippen molar-refractivity contribution in [1.82, 2.24) is 10.6 Å². The summed E-state index contributed by atoms with van der Waals surface area (Å²) in [6.45, 7) is 5.37. The quantitative estimate of drug-likeness (QED) is 0.206. The van der Waals surface area contributed by atoms with Crippen LogP contribution in [-0.2, 0) is 17.9 Å². The van der Waals surface area contributed by atoms with Crippen molar-refractivity contribution < 1.29 is 14.2 Å². The maximum absolute atomic E-state index is 5.72. The first-order chi connectivity index (χ1) is 13.8. The number of nitrogens with zero attached hydrogens (tertiary/aromatic N) is 1. The van der Waals surface area contributed by atoms with E-state index in [1.165, 1.54) is 0 Å². The Kier molecular flexibility index (Phi) is 12.9. The molecular formula is C22H32IN3O3. The van der Waals surface area contributed by atoms with Gasteiger partial charge in [-0.1, -0.05) is 30.3 Å². The Morgan fingerprint density at radius 2 is 1.79 bits per heavy atom. The number of para-hydroxylation sites is 1. The number of hydrogen-bond acceptors (Lipinski definition) is 4. The van der Waals surface area contributed by atoms with Crippen molar-refractivity contribution in [2.75, 3.05) is 33.9 Å². The number of nitrogens with one attached hydrogen (secondary N) is 2. The second-order valence-electron chi connectivity index (χ2n) is 6.15. The molecule has 0 aliphatic heterocycles. The van der Waals surface area contributed by atoms with Crippen LogP contribution in [0.25, 0.3) is 0 Å². The largest absolute Gasteiger partial charge is 0.497 e. The molecule has 0 radical (unpaired) electrons. The van der Waals surface area contributed by atoms with E-state index in [1.807, 2.05) is 49.4 Å². The molecule has 2 aromatic rings. The highest BCUT2D eigenvalue weighted by molar-refractivity contribution is 14.0. The van der Waals surface area contributed by atoms with E-state index < -0.39 is 0 Å². The minimum absolute atomic E-state index is 0. The molecule has 0 fully saturated rings. The normalized spacial score (nSPS) is 10.8. The van der Waals surface area contributed by atoms with Crippen LogP contribution in [0.5, 0.6) is 11.5 Å². The summed E-state index contributed by atoms with van der Waals surface area (Å²) >= 11 is 0. The lowest BCUT2D eigenvalue weighted by Crippen LogP contribution is -2.37. The smallest absolute Gasteiger partial charge is 0.191 e. The fraction of sp³-hybridized carbons (Fsp3) is 0.409. The number of benzene rings is 2. The summed E-state index contributed by atoms with van der Waals surface area (Å²) in [5.41, 5.74) is 2.24. The Morgan fingerprint density at radius 3 is 2.48 bits per heavy atom. The van der Waals surface area contributed by atoms with Crippen molar-refractivity contribution in [3.63, 3.8) is 0 Å². The van der Waals surface area contributed by atoms with Crippen molar-refractivity contribution in [2.45, 2.75) is 26.5 Å². The van der Waals surface area contributed by atoms with Crippen molar-refractivity contribution in [2.24, 2.45) is 4.99 Å². The molecule has 0 amide bonds. The van der Waals surface area contributed by atoms with Gasteiger partial charge >= 0.3 is 0 Å². The van der Waals surface area contributed by atoms with Gasteiger partial charge in [0.1, 0.15) is 11.5 Å². The molecule has 2 aromatic carbocycles. The average molecular weight is 513 g/mol. The first-order valence-electron chi connectivity index (χ1n) is 9.62. The zero-order chi connectivity index (χ0) is 20.0. The number of hydrogen-bond donors (Lipinski definition) is 2. The molecule has 0 heterocycles. The summed E-state index contributed by atoms with van der Waals surface area (Å²) in [7, 11) is 3.43. The summed E-state index contributed by atoms with van der Waals surface area (Å²) in [5, 5.41) is 6.62. The van der Waals surface area contributed by atoms with Gasteiger partial charge in [0.2, 0.25) is 0 Å². The van der Waals surface area contributed by atoms with E-state index in [4.69, 9.17) is 14.2 Å². The number of guanidine groups is 1. The molecule has 0 saturated carbocycles. The SMILES string of the molecule is CCOc1ccccc1CNC(=NC)NCCCOCc1ccc(OC)cc1.I. The minimum atomic E-state index is 0. The fourth-order valence-electron chi connectivity index (χ4n) is 2.64. The molecular weight excluding hydrogens is 481 g/mol. The van der Waals surface area contributed by atoms with Gasteiger partial charge in [-0.3, -0.25) is 4.99 Å². The summed E-state index contributed by atoms with van der Waals surface area (Å²) in [4.78, 5) is 4.26. The molecule has 0 aromatic heterocycles. The average Bonchev–Trinajstić information content (AvgIpc) is 2.74. The molecule has 0 bridgehead atoms. The Balaban J connectivity index is 0.00000420. The van der Waals surface area contributed by atoms with Gasteiger partial charge in [0.15, 0.2) is 5.96 Å². The Labute approximate surface area is 191 Å². The van der Waals surface area contributed by atoms with Crippen molar-refractivity contribution >= 4 is 29.9 Å². The van der Waals surface area contributed by atoms with E-state index >= 15 is 0 Å². The summed E-state index contributed by atoms with van der Waals surface area (Å²) in [6.07, 6.45) is 0.895. The van der Waals surface area contributed by atoms with Crippen LogP contribution in [0.1, 0.15) is 24.5 Å². The predicted octanol–water partition coefficient (Wildman–Crippen LogP) is 3.98. The third kappa shape index (κ3) is 9.36. The standard InChI is InChI=1S/C22H31N3O3.HI/c1-4-28-21-9-6-5-8-19(21)16-25-22(23-2)24-14-7-15-27-17-18-10-12-20(26-3)13-11-18;/h5-6,8-13H,4,7,14-17H2,1-3H3,(H2,23,24,25);1H. The first kappa shape index (κ1) is 25.0. The lowest BCUT2D eigenvalue weighted by atomic mass is 10.2. The summed E-state index contributed by atoms with van der Waals surface area (Å²) in [6, 6.07) is 15.9. The molecule has 2 rings (SSSR count). The highest BCUT2D eigenvalue weighted by Crippen LogP contribution is 2.17. The number of methoxy groups -OCH3 is 1. The van der Waals surface area contributed by atoms with Crippen LogP contribution in [0.15, 0.2) is 53.5 Å². The van der Waals surface area contributed by atoms with E-state index in [-0.39, 0.29) is 24.0 Å². The van der Waals surface area contributed by atoms with E-state index in [0.29, 0.717) is 26.4 Å². The molecule has 160 valence electrons. The molecule has 0 saturated heterocycles. The van der Waals surface area contributed by atoms with Crippen LogP contribution in [0, 0.1) is 0 Å². The van der Waals surface area contributed by atoms with Gasteiger partial charge < -0.3 is 24.8 Å². The van der Waals surface area contributed by atoms with E-state index in [2.05, 4.69) is 21.7 Å². The third-order valence-corrected chi connectivity index (χ3v) is 4.13. The Hall–Kier alpha value is -2.00. The predicted molar refractivity (Wildman–Crippen MR) is 128 cm³/mol. The van der Waals surface area contributed by atoms with Gasteiger partial charge in [-0.15, -0.1) is 24.0 Å². The van der Waals surface area contributed by atoms with Gasteiger partial charge in [-0.2, -0.15) is 0 Å². The topological polar surface area (TPSA) is 64.1 Å². The van der Waals surface area contributed by atoms with Crippen molar-refractivity contribution in [3.05, 3.63) is 59.7 Å². The van der Waals surface area contributed by atoms with Gasteiger partial charge in [-0.25, -0.2) is 0 Å². The van der Waals surface area contributed by atoms with Gasteiger partial charge in [0.05, 0.1) is 20.3 Å². The third-order valence-electron chi connectivity index (χ3n) is 4.13. The van der Waals surface area contributed by atoms with E-state index in [9.17, 15) is 0 Å². The van der Waals surface area contributed by atoms with Gasteiger partial charge in [0.25, 0.3) is 0 Å². The van der Waals surface area contributed by atoms with Gasteiger partial charge in [-0.05, 0) is 37.1 Å². The molecule has 0 aliphatic rings. The van der Waals surface area contributed by atoms with Crippen LogP contribution in [-0.4, -0.2) is 39.9 Å². The van der Waals surface area contributed by atoms with Crippen LogP contribution in [0.2, 0.25) is 0 Å². The lowest BCUT2D eigenvalue weighted by Gasteiger charge is -2.14. The minimum Gasteiger partial charge on any atom is -0.497 e. The second kappa shape index (κ2) is 14.9. The highest BCUT2D eigenvalue weighted by atomic mass is 127. The number of rotatable bonds is 11. The van der Waals surface area contributed by atoms with Crippen LogP contribution in [0.4, 0.5) is 0 Å². The summed E-state index contributed by atoms with van der Waals surface area (Å²) in [5.74, 6) is 2.53. The zero-order valence-electron chi connectivity index (χ0n) is 17.4. The Bertz CT molecular complexity index is 723. The molecule has 29 heavy (non-hydrogen) atoms. The molecule has 2 N–H and O–H groups in total. The molecule has 6 nitrogen and oxygen atoms in total. The molecule has 0 atom stereocenters. The number of halogens is 1. The maximum Gasteiger partial charge on any atom is 0.191 e. The lowest BCUT2D eigenvalue weighted by molar-refractivity contribution is 0.119. The summed E-state index contributed by atoms with van der Waals surface area (Å²) < 4.78 is 16.5. The fourth-order valence-corrected chi connectivity index (χ4v) is 2.64. The monoisotopic (exact) mass is 513 g/mol. The van der Waals surface area contributed by atoms with E-state index in [1.54, 1.807) is 14.2 Å². The molecule has 7 heteroatoms. The molecule has 0 spiro atoms. The number of aliphatic imine (C=N–C) groups is 1.